The minimum Gasteiger partial charge on any atom is -0.493 e. The topological polar surface area (TPSA) is 84.9 Å². The standard InChI is InChI=1S/C25H27FN2O5S/c1-4-22(18-10-15-23(32-2)24(16-18)33-3)27-25(29)17-28(20-13-11-19(26)12-14-20)34(30,31)21-8-6-5-7-9-21/h5-16,22H,4,17H2,1-3H3,(H,27,29). The van der Waals surface area contributed by atoms with Gasteiger partial charge in [0.2, 0.25) is 5.91 Å². The third-order valence-corrected chi connectivity index (χ3v) is 7.07. The lowest BCUT2D eigenvalue weighted by atomic mass is 10.0. The van der Waals surface area contributed by atoms with Crippen LogP contribution in [0.2, 0.25) is 0 Å². The predicted molar refractivity (Wildman–Crippen MR) is 128 cm³/mol. The van der Waals surface area contributed by atoms with Crippen LogP contribution in [0.25, 0.3) is 0 Å². The van der Waals surface area contributed by atoms with Crippen LogP contribution in [0, 0.1) is 5.82 Å². The van der Waals surface area contributed by atoms with E-state index in [0.717, 1.165) is 22.0 Å². The molecule has 0 fully saturated rings. The van der Waals surface area contributed by atoms with Gasteiger partial charge in [0.25, 0.3) is 10.0 Å². The van der Waals surface area contributed by atoms with Gasteiger partial charge in [0.1, 0.15) is 12.4 Å². The van der Waals surface area contributed by atoms with E-state index >= 15 is 0 Å². The Morgan fingerprint density at radius 1 is 0.971 bits per heavy atom. The number of methoxy groups -OCH3 is 2. The summed E-state index contributed by atoms with van der Waals surface area (Å²) in [5, 5.41) is 2.89. The molecule has 0 spiro atoms. The summed E-state index contributed by atoms with van der Waals surface area (Å²) in [6.07, 6.45) is 0.559. The highest BCUT2D eigenvalue weighted by Gasteiger charge is 2.28. The van der Waals surface area contributed by atoms with Gasteiger partial charge in [-0.3, -0.25) is 9.10 Å². The van der Waals surface area contributed by atoms with Gasteiger partial charge in [-0.05, 0) is 60.5 Å². The van der Waals surface area contributed by atoms with E-state index in [0.29, 0.717) is 17.9 Å². The number of amides is 1. The Kier molecular flexibility index (Phi) is 8.12. The van der Waals surface area contributed by atoms with Crippen LogP contribution >= 0.6 is 0 Å². The number of hydrogen-bond donors (Lipinski definition) is 1. The van der Waals surface area contributed by atoms with Crippen LogP contribution < -0.4 is 19.1 Å². The quantitative estimate of drug-likeness (QED) is 0.462. The lowest BCUT2D eigenvalue weighted by Gasteiger charge is -2.26. The van der Waals surface area contributed by atoms with Crippen LogP contribution in [0.1, 0.15) is 24.9 Å². The number of halogens is 1. The van der Waals surface area contributed by atoms with Crippen LogP contribution in [0.3, 0.4) is 0 Å². The van der Waals surface area contributed by atoms with Gasteiger partial charge in [0, 0.05) is 0 Å². The van der Waals surface area contributed by atoms with Crippen molar-refractivity contribution >= 4 is 21.6 Å². The number of sulfonamides is 1. The Hall–Kier alpha value is -3.59. The molecule has 3 rings (SSSR count). The SMILES string of the molecule is CCC(NC(=O)CN(c1ccc(F)cc1)S(=O)(=O)c1ccccc1)c1ccc(OC)c(OC)c1. The lowest BCUT2D eigenvalue weighted by molar-refractivity contribution is -0.120. The number of carbonyl (C=O) groups excluding carboxylic acids is 1. The van der Waals surface area contributed by atoms with Gasteiger partial charge in [0.05, 0.1) is 30.8 Å². The maximum Gasteiger partial charge on any atom is 0.264 e. The maximum atomic E-state index is 13.5. The normalized spacial score (nSPS) is 12.0. The van der Waals surface area contributed by atoms with E-state index in [4.69, 9.17) is 9.47 Å². The summed E-state index contributed by atoms with van der Waals surface area (Å²) in [4.78, 5) is 13.1. The largest absolute Gasteiger partial charge is 0.493 e. The molecule has 0 aliphatic carbocycles. The van der Waals surface area contributed by atoms with Crippen LogP contribution in [0.15, 0.2) is 77.7 Å². The van der Waals surface area contributed by atoms with Crippen LogP contribution in [-0.2, 0) is 14.8 Å². The van der Waals surface area contributed by atoms with Gasteiger partial charge >= 0.3 is 0 Å². The molecule has 7 nitrogen and oxygen atoms in total. The maximum absolute atomic E-state index is 13.5. The van der Waals surface area contributed by atoms with E-state index in [1.54, 1.807) is 30.3 Å². The van der Waals surface area contributed by atoms with E-state index < -0.39 is 28.3 Å². The zero-order chi connectivity index (χ0) is 24.7. The van der Waals surface area contributed by atoms with Gasteiger partial charge in [-0.2, -0.15) is 0 Å². The first-order chi connectivity index (χ1) is 16.3. The summed E-state index contributed by atoms with van der Waals surface area (Å²) in [6.45, 7) is 1.42. The molecule has 1 N–H and O–H groups in total. The number of anilines is 1. The van der Waals surface area contributed by atoms with Gasteiger partial charge in [0.15, 0.2) is 11.5 Å². The van der Waals surface area contributed by atoms with Crippen molar-refractivity contribution in [1.29, 1.82) is 0 Å². The molecular formula is C25H27FN2O5S. The average molecular weight is 487 g/mol. The van der Waals surface area contributed by atoms with Gasteiger partial charge in [-0.15, -0.1) is 0 Å². The molecule has 0 heterocycles. The molecular weight excluding hydrogens is 459 g/mol. The van der Waals surface area contributed by atoms with Gasteiger partial charge < -0.3 is 14.8 Å². The smallest absolute Gasteiger partial charge is 0.264 e. The fraction of sp³-hybridized carbons (Fsp3) is 0.240. The van der Waals surface area contributed by atoms with Crippen molar-refractivity contribution in [3.05, 3.63) is 84.2 Å². The number of nitrogens with one attached hydrogen (secondary N) is 1. The van der Waals surface area contributed by atoms with Crippen molar-refractivity contribution in [2.24, 2.45) is 0 Å². The second-order valence-corrected chi connectivity index (χ2v) is 9.31. The highest BCUT2D eigenvalue weighted by Crippen LogP contribution is 2.31. The number of ether oxygens (including phenoxy) is 2. The van der Waals surface area contributed by atoms with Crippen molar-refractivity contribution in [3.63, 3.8) is 0 Å². The zero-order valence-electron chi connectivity index (χ0n) is 19.2. The minimum absolute atomic E-state index is 0.0269. The Morgan fingerprint density at radius 2 is 1.62 bits per heavy atom. The van der Waals surface area contributed by atoms with E-state index in [2.05, 4.69) is 5.32 Å². The molecule has 0 saturated heterocycles. The van der Waals surface area contributed by atoms with Crippen LogP contribution in [0.4, 0.5) is 10.1 Å². The molecule has 0 radical (unpaired) electrons. The second kappa shape index (κ2) is 11.0. The summed E-state index contributed by atoms with van der Waals surface area (Å²) >= 11 is 0. The van der Waals surface area contributed by atoms with E-state index in [-0.39, 0.29) is 16.6 Å². The molecule has 0 aliphatic heterocycles. The first-order valence-electron chi connectivity index (χ1n) is 10.6. The molecule has 0 bridgehead atoms. The molecule has 0 aliphatic rings. The first-order valence-corrected chi connectivity index (χ1v) is 12.1. The van der Waals surface area contributed by atoms with Crippen molar-refractivity contribution in [1.82, 2.24) is 5.32 Å². The number of hydrogen-bond acceptors (Lipinski definition) is 5. The van der Waals surface area contributed by atoms with E-state index in [1.165, 1.54) is 38.5 Å². The van der Waals surface area contributed by atoms with Crippen LogP contribution in [0.5, 0.6) is 11.5 Å². The fourth-order valence-electron chi connectivity index (χ4n) is 3.50. The number of benzene rings is 3. The average Bonchev–Trinajstić information content (AvgIpc) is 2.86. The number of carbonyl (C=O) groups is 1. The van der Waals surface area contributed by atoms with Crippen molar-refractivity contribution in [3.8, 4) is 11.5 Å². The predicted octanol–water partition coefficient (Wildman–Crippen LogP) is 4.31. The summed E-state index contributed by atoms with van der Waals surface area (Å²) in [5.74, 6) is 0.0615. The molecule has 0 aromatic heterocycles. The third kappa shape index (κ3) is 5.66. The summed E-state index contributed by atoms with van der Waals surface area (Å²) in [6, 6.07) is 17.7. The molecule has 3 aromatic rings. The van der Waals surface area contributed by atoms with E-state index in [1.807, 2.05) is 13.0 Å². The molecule has 1 amide bonds. The first kappa shape index (κ1) is 25.0. The molecule has 3 aromatic carbocycles. The molecule has 0 saturated carbocycles. The van der Waals surface area contributed by atoms with E-state index in [9.17, 15) is 17.6 Å². The van der Waals surface area contributed by atoms with Crippen molar-refractivity contribution < 1.29 is 27.1 Å². The van der Waals surface area contributed by atoms with Gasteiger partial charge in [-0.1, -0.05) is 31.2 Å². The molecule has 180 valence electrons. The molecule has 1 atom stereocenters. The second-order valence-electron chi connectivity index (χ2n) is 7.44. The number of rotatable bonds is 10. The Labute approximate surface area is 199 Å². The zero-order valence-corrected chi connectivity index (χ0v) is 20.0. The highest BCUT2D eigenvalue weighted by atomic mass is 32.2. The monoisotopic (exact) mass is 486 g/mol. The van der Waals surface area contributed by atoms with Crippen LogP contribution in [-0.4, -0.2) is 35.1 Å². The molecule has 9 heteroatoms. The molecule has 1 unspecified atom stereocenters. The molecule has 34 heavy (non-hydrogen) atoms. The lowest BCUT2D eigenvalue weighted by Crippen LogP contribution is -2.42. The Balaban J connectivity index is 1.89. The van der Waals surface area contributed by atoms with Crippen molar-refractivity contribution in [2.75, 3.05) is 25.1 Å². The fourth-order valence-corrected chi connectivity index (χ4v) is 4.95. The number of nitrogens with zero attached hydrogens (tertiary/aromatic N) is 1. The Bertz CT molecular complexity index is 1220. The Morgan fingerprint density at radius 3 is 2.21 bits per heavy atom. The third-order valence-electron chi connectivity index (χ3n) is 5.29. The highest BCUT2D eigenvalue weighted by molar-refractivity contribution is 7.92. The minimum atomic E-state index is -4.08. The summed E-state index contributed by atoms with van der Waals surface area (Å²) in [5.41, 5.74) is 0.965. The summed E-state index contributed by atoms with van der Waals surface area (Å²) < 4.78 is 51.8. The van der Waals surface area contributed by atoms with Gasteiger partial charge in [-0.25, -0.2) is 12.8 Å². The summed E-state index contributed by atoms with van der Waals surface area (Å²) in [7, 11) is -1.02. The van der Waals surface area contributed by atoms with Crippen molar-refractivity contribution in [2.45, 2.75) is 24.3 Å².